The lowest BCUT2D eigenvalue weighted by Crippen LogP contribution is -2.04. The largest absolute Gasteiger partial charge is 0.489 e. The molecule has 0 radical (unpaired) electrons. The van der Waals surface area contributed by atoms with E-state index in [4.69, 9.17) is 9.15 Å². The van der Waals surface area contributed by atoms with Gasteiger partial charge in [-0.3, -0.25) is 10.1 Å². The van der Waals surface area contributed by atoms with Crippen molar-refractivity contribution < 1.29 is 14.1 Å². The van der Waals surface area contributed by atoms with Crippen LogP contribution in [0, 0.1) is 10.1 Å². The first-order chi connectivity index (χ1) is 12.6. The second-order valence-electron chi connectivity index (χ2n) is 5.79. The van der Waals surface area contributed by atoms with Crippen molar-refractivity contribution in [2.24, 2.45) is 0 Å². The number of ether oxygens (including phenoxy) is 1. The van der Waals surface area contributed by atoms with Crippen LogP contribution in [0.15, 0.2) is 75.9 Å². The van der Waals surface area contributed by atoms with Crippen LogP contribution in [0.1, 0.15) is 5.56 Å². The lowest BCUT2D eigenvalue weighted by molar-refractivity contribution is -0.384. The summed E-state index contributed by atoms with van der Waals surface area (Å²) in [5.74, 6) is 0.484. The number of benzene rings is 3. The van der Waals surface area contributed by atoms with Crippen LogP contribution in [0.25, 0.3) is 21.7 Å². The van der Waals surface area contributed by atoms with E-state index in [0.717, 1.165) is 16.2 Å². The molecule has 1 aromatic heterocycles. The summed E-state index contributed by atoms with van der Waals surface area (Å²) in [7, 11) is 0. The van der Waals surface area contributed by atoms with Gasteiger partial charge in [0.15, 0.2) is 0 Å². The molecule has 0 saturated heterocycles. The fraction of sp³-hybridized carbons (Fsp3) is 0.0500. The van der Waals surface area contributed by atoms with E-state index in [-0.39, 0.29) is 12.3 Å². The quantitative estimate of drug-likeness (QED) is 0.236. The average Bonchev–Trinajstić information content (AvgIpc) is 2.66. The summed E-state index contributed by atoms with van der Waals surface area (Å²) in [6.45, 7) is 0.147. The van der Waals surface area contributed by atoms with E-state index in [0.29, 0.717) is 16.9 Å². The van der Waals surface area contributed by atoms with Gasteiger partial charge in [0.05, 0.1) is 4.92 Å². The van der Waals surface area contributed by atoms with Crippen LogP contribution in [0.5, 0.6) is 5.75 Å². The Bertz CT molecular complexity index is 1180. The van der Waals surface area contributed by atoms with Crippen molar-refractivity contribution >= 4 is 27.4 Å². The lowest BCUT2D eigenvalue weighted by Gasteiger charge is -2.10. The molecule has 1 heterocycles. The monoisotopic (exact) mass is 347 g/mol. The van der Waals surface area contributed by atoms with Crippen LogP contribution in [0.4, 0.5) is 5.69 Å². The minimum Gasteiger partial charge on any atom is -0.489 e. The number of nitrogens with zero attached hydrogens (tertiary/aromatic N) is 1. The topological polar surface area (TPSA) is 82.6 Å². The predicted molar refractivity (Wildman–Crippen MR) is 97.4 cm³/mol. The summed E-state index contributed by atoms with van der Waals surface area (Å²) in [5.41, 5.74) is 0.745. The molecule has 0 aliphatic carbocycles. The van der Waals surface area contributed by atoms with Gasteiger partial charge in [-0.15, -0.1) is 0 Å². The maximum Gasteiger partial charge on any atom is 0.336 e. The molecule has 4 rings (SSSR count). The third-order valence-electron chi connectivity index (χ3n) is 4.16. The van der Waals surface area contributed by atoms with Crippen LogP contribution >= 0.6 is 0 Å². The van der Waals surface area contributed by atoms with Gasteiger partial charge in [0.1, 0.15) is 17.9 Å². The molecule has 0 bridgehead atoms. The van der Waals surface area contributed by atoms with Crippen molar-refractivity contribution in [3.8, 4) is 5.75 Å². The Kier molecular flexibility index (Phi) is 3.85. The number of hydrogen-bond acceptors (Lipinski definition) is 5. The van der Waals surface area contributed by atoms with Crippen molar-refractivity contribution in [1.82, 2.24) is 0 Å². The van der Waals surface area contributed by atoms with Crippen molar-refractivity contribution in [3.63, 3.8) is 0 Å². The molecule has 26 heavy (non-hydrogen) atoms. The second-order valence-corrected chi connectivity index (χ2v) is 5.79. The Morgan fingerprint density at radius 3 is 2.54 bits per heavy atom. The van der Waals surface area contributed by atoms with Crippen molar-refractivity contribution in [3.05, 3.63) is 92.8 Å². The zero-order chi connectivity index (χ0) is 18.1. The summed E-state index contributed by atoms with van der Waals surface area (Å²) in [6, 6.07) is 18.7. The number of nitro groups is 1. The van der Waals surface area contributed by atoms with Crippen molar-refractivity contribution in [2.75, 3.05) is 0 Å². The van der Waals surface area contributed by atoms with E-state index in [1.54, 1.807) is 6.07 Å². The molecule has 0 saturated carbocycles. The van der Waals surface area contributed by atoms with E-state index in [1.807, 2.05) is 30.3 Å². The standard InChI is InChI=1S/C20H13NO5/c22-19-11-14(12-25-16-8-6-15(7-9-16)21(23)24)20-17-4-2-1-3-13(17)5-10-18(20)26-19/h1-11H,12H2. The molecule has 0 atom stereocenters. The fourth-order valence-electron chi connectivity index (χ4n) is 2.96. The van der Waals surface area contributed by atoms with Gasteiger partial charge in [0.2, 0.25) is 0 Å². The molecule has 0 fully saturated rings. The van der Waals surface area contributed by atoms with Gasteiger partial charge in [0, 0.05) is 29.1 Å². The normalized spacial score (nSPS) is 10.9. The molecular weight excluding hydrogens is 334 g/mol. The van der Waals surface area contributed by atoms with Gasteiger partial charge in [-0.05, 0) is 29.0 Å². The molecule has 0 amide bonds. The molecule has 3 aromatic carbocycles. The van der Waals surface area contributed by atoms with Gasteiger partial charge < -0.3 is 9.15 Å². The molecule has 6 nitrogen and oxygen atoms in total. The summed E-state index contributed by atoms with van der Waals surface area (Å²) < 4.78 is 11.1. The zero-order valence-electron chi connectivity index (χ0n) is 13.5. The SMILES string of the molecule is O=c1cc(COc2ccc([N+](=O)[O-])cc2)c2c(ccc3ccccc32)o1. The van der Waals surface area contributed by atoms with Gasteiger partial charge in [0.25, 0.3) is 5.69 Å². The van der Waals surface area contributed by atoms with Gasteiger partial charge in [-0.1, -0.05) is 30.3 Å². The van der Waals surface area contributed by atoms with Crippen LogP contribution in [0.2, 0.25) is 0 Å². The Morgan fingerprint density at radius 2 is 1.77 bits per heavy atom. The smallest absolute Gasteiger partial charge is 0.336 e. The summed E-state index contributed by atoms with van der Waals surface area (Å²) in [5, 5.41) is 13.5. The van der Waals surface area contributed by atoms with E-state index >= 15 is 0 Å². The van der Waals surface area contributed by atoms with Gasteiger partial charge in [-0.25, -0.2) is 4.79 Å². The van der Waals surface area contributed by atoms with Crippen LogP contribution in [0.3, 0.4) is 0 Å². The minimum atomic E-state index is -0.466. The van der Waals surface area contributed by atoms with Gasteiger partial charge >= 0.3 is 5.63 Å². The van der Waals surface area contributed by atoms with E-state index in [1.165, 1.54) is 30.3 Å². The number of nitro benzene ring substituents is 1. The molecule has 0 aliphatic heterocycles. The molecular formula is C20H13NO5. The number of hydrogen-bond donors (Lipinski definition) is 0. The third-order valence-corrected chi connectivity index (χ3v) is 4.16. The minimum absolute atomic E-state index is 0.00542. The Hall–Kier alpha value is -3.67. The number of non-ortho nitro benzene ring substituents is 1. The Labute approximate surface area is 147 Å². The highest BCUT2D eigenvalue weighted by Crippen LogP contribution is 2.28. The number of rotatable bonds is 4. The van der Waals surface area contributed by atoms with Crippen LogP contribution in [-0.2, 0) is 6.61 Å². The highest BCUT2D eigenvalue weighted by molar-refractivity contribution is 6.06. The molecule has 6 heteroatoms. The highest BCUT2D eigenvalue weighted by atomic mass is 16.6. The number of fused-ring (bicyclic) bond motifs is 3. The zero-order valence-corrected chi connectivity index (χ0v) is 13.5. The summed E-state index contributed by atoms with van der Waals surface area (Å²) >= 11 is 0. The molecule has 0 aliphatic rings. The van der Waals surface area contributed by atoms with Gasteiger partial charge in [-0.2, -0.15) is 0 Å². The molecule has 0 spiro atoms. The summed E-state index contributed by atoms with van der Waals surface area (Å²) in [4.78, 5) is 22.1. The predicted octanol–water partition coefficient (Wildman–Crippen LogP) is 4.43. The molecule has 0 unspecified atom stereocenters. The maximum atomic E-state index is 11.9. The van der Waals surface area contributed by atoms with Crippen LogP contribution in [-0.4, -0.2) is 4.92 Å². The molecule has 128 valence electrons. The maximum absolute atomic E-state index is 11.9. The third kappa shape index (κ3) is 2.88. The van der Waals surface area contributed by atoms with Crippen LogP contribution < -0.4 is 10.4 Å². The average molecular weight is 347 g/mol. The second kappa shape index (κ2) is 6.33. The first kappa shape index (κ1) is 15.8. The fourth-order valence-corrected chi connectivity index (χ4v) is 2.96. The van der Waals surface area contributed by atoms with Crippen molar-refractivity contribution in [1.29, 1.82) is 0 Å². The van der Waals surface area contributed by atoms with E-state index in [2.05, 4.69) is 0 Å². The Morgan fingerprint density at radius 1 is 1.00 bits per heavy atom. The lowest BCUT2D eigenvalue weighted by atomic mass is 10.0. The van der Waals surface area contributed by atoms with E-state index in [9.17, 15) is 14.9 Å². The molecule has 4 aromatic rings. The highest BCUT2D eigenvalue weighted by Gasteiger charge is 2.11. The first-order valence-electron chi connectivity index (χ1n) is 7.93. The van der Waals surface area contributed by atoms with E-state index < -0.39 is 10.5 Å². The van der Waals surface area contributed by atoms with Crippen molar-refractivity contribution in [2.45, 2.75) is 6.61 Å². The molecule has 0 N–H and O–H groups in total. The summed E-state index contributed by atoms with van der Waals surface area (Å²) in [6.07, 6.45) is 0. The Balaban J connectivity index is 1.74. The first-order valence-corrected chi connectivity index (χ1v) is 7.93.